The molecule has 0 aliphatic heterocycles. The highest BCUT2D eigenvalue weighted by molar-refractivity contribution is 5.24. The van der Waals surface area contributed by atoms with Crippen LogP contribution >= 0.6 is 0 Å². The molecule has 0 spiro atoms. The molecule has 96 valence electrons. The monoisotopic (exact) mass is 236 g/mol. The van der Waals surface area contributed by atoms with E-state index in [9.17, 15) is 0 Å². The van der Waals surface area contributed by atoms with Gasteiger partial charge >= 0.3 is 0 Å². The summed E-state index contributed by atoms with van der Waals surface area (Å²) in [6.07, 6.45) is 0.160. The average Bonchev–Trinajstić information content (AvgIpc) is 2.11. The summed E-state index contributed by atoms with van der Waals surface area (Å²) in [7, 11) is 0. The lowest BCUT2D eigenvalue weighted by Gasteiger charge is -2.21. The molecule has 0 fully saturated rings. The molecular weight excluding hydrogens is 212 g/mol. The fourth-order valence-electron chi connectivity index (χ4n) is 1.48. The van der Waals surface area contributed by atoms with Crippen molar-refractivity contribution < 1.29 is 4.74 Å². The van der Waals surface area contributed by atoms with Gasteiger partial charge in [0, 0.05) is 23.8 Å². The third-order valence-electron chi connectivity index (χ3n) is 2.17. The highest BCUT2D eigenvalue weighted by Gasteiger charge is 2.09. The minimum absolute atomic E-state index is 0.121. The van der Waals surface area contributed by atoms with Crippen molar-refractivity contribution in [2.24, 2.45) is 0 Å². The standard InChI is InChI=1S/C14H24N2O/c1-10(2)17-13-8-12(7-11(3)16-13)9-15-14(4,5)6/h7-8,10,15H,9H2,1-6H3. The number of nitrogens with one attached hydrogen (secondary N) is 1. The van der Waals surface area contributed by atoms with Gasteiger partial charge in [0.2, 0.25) is 5.88 Å². The van der Waals surface area contributed by atoms with Gasteiger partial charge in [-0.3, -0.25) is 0 Å². The molecular formula is C14H24N2O. The van der Waals surface area contributed by atoms with Gasteiger partial charge in [-0.05, 0) is 53.2 Å². The lowest BCUT2D eigenvalue weighted by Crippen LogP contribution is -2.35. The number of pyridine rings is 1. The van der Waals surface area contributed by atoms with E-state index >= 15 is 0 Å². The lowest BCUT2D eigenvalue weighted by molar-refractivity contribution is 0.232. The molecule has 0 saturated heterocycles. The summed E-state index contributed by atoms with van der Waals surface area (Å²) in [5.41, 5.74) is 2.33. The summed E-state index contributed by atoms with van der Waals surface area (Å²) in [5, 5.41) is 3.46. The molecule has 0 atom stereocenters. The second-order valence-electron chi connectivity index (χ2n) is 5.73. The molecule has 0 amide bonds. The highest BCUT2D eigenvalue weighted by atomic mass is 16.5. The quantitative estimate of drug-likeness (QED) is 0.872. The van der Waals surface area contributed by atoms with Gasteiger partial charge in [0.1, 0.15) is 0 Å². The summed E-state index contributed by atoms with van der Waals surface area (Å²) in [4.78, 5) is 4.37. The number of aryl methyl sites for hydroxylation is 1. The summed E-state index contributed by atoms with van der Waals surface area (Å²) < 4.78 is 5.63. The van der Waals surface area contributed by atoms with Crippen molar-refractivity contribution >= 4 is 0 Å². The third-order valence-corrected chi connectivity index (χ3v) is 2.17. The summed E-state index contributed by atoms with van der Waals surface area (Å²) >= 11 is 0. The van der Waals surface area contributed by atoms with Gasteiger partial charge < -0.3 is 10.1 Å². The molecule has 1 rings (SSSR count). The molecule has 1 aromatic rings. The Bertz CT molecular complexity index is 367. The molecule has 3 nitrogen and oxygen atoms in total. The Kier molecular flexibility index (Phi) is 4.52. The van der Waals surface area contributed by atoms with Crippen molar-refractivity contribution in [3.63, 3.8) is 0 Å². The Morgan fingerprint density at radius 3 is 2.47 bits per heavy atom. The minimum Gasteiger partial charge on any atom is -0.475 e. The van der Waals surface area contributed by atoms with Crippen LogP contribution in [0.1, 0.15) is 45.9 Å². The molecule has 1 aromatic heterocycles. The smallest absolute Gasteiger partial charge is 0.213 e. The Hall–Kier alpha value is -1.09. The number of rotatable bonds is 4. The third kappa shape index (κ3) is 5.68. The number of ether oxygens (including phenoxy) is 1. The second kappa shape index (κ2) is 5.50. The largest absolute Gasteiger partial charge is 0.475 e. The molecule has 1 heterocycles. The van der Waals surface area contributed by atoms with E-state index in [1.165, 1.54) is 5.56 Å². The minimum atomic E-state index is 0.121. The van der Waals surface area contributed by atoms with Gasteiger partial charge in [-0.25, -0.2) is 4.98 Å². The van der Waals surface area contributed by atoms with E-state index in [-0.39, 0.29) is 11.6 Å². The van der Waals surface area contributed by atoms with E-state index in [1.807, 2.05) is 26.8 Å². The molecule has 0 aliphatic carbocycles. The van der Waals surface area contributed by atoms with Crippen molar-refractivity contribution in [2.75, 3.05) is 0 Å². The fraction of sp³-hybridized carbons (Fsp3) is 0.643. The highest BCUT2D eigenvalue weighted by Crippen LogP contribution is 2.14. The zero-order valence-corrected chi connectivity index (χ0v) is 11.8. The van der Waals surface area contributed by atoms with Gasteiger partial charge in [-0.1, -0.05) is 0 Å². The van der Waals surface area contributed by atoms with Crippen molar-refractivity contribution in [1.82, 2.24) is 10.3 Å². The molecule has 0 saturated carbocycles. The van der Waals surface area contributed by atoms with Crippen LogP contribution in [0, 0.1) is 6.92 Å². The predicted octanol–water partition coefficient (Wildman–Crippen LogP) is 3.07. The molecule has 0 unspecified atom stereocenters. The maximum atomic E-state index is 5.63. The predicted molar refractivity (Wildman–Crippen MR) is 71.3 cm³/mol. The summed E-state index contributed by atoms with van der Waals surface area (Å²) in [6, 6.07) is 4.09. The number of hydrogen-bond donors (Lipinski definition) is 1. The zero-order valence-electron chi connectivity index (χ0n) is 11.8. The van der Waals surface area contributed by atoms with Crippen molar-refractivity contribution in [1.29, 1.82) is 0 Å². The SMILES string of the molecule is Cc1cc(CNC(C)(C)C)cc(OC(C)C)n1. The van der Waals surface area contributed by atoms with E-state index in [0.29, 0.717) is 5.88 Å². The molecule has 17 heavy (non-hydrogen) atoms. The van der Waals surface area contributed by atoms with E-state index in [4.69, 9.17) is 4.74 Å². The summed E-state index contributed by atoms with van der Waals surface area (Å²) in [5.74, 6) is 0.714. The number of nitrogens with zero attached hydrogens (tertiary/aromatic N) is 1. The van der Waals surface area contributed by atoms with Gasteiger partial charge in [0.05, 0.1) is 6.10 Å². The Labute approximate surface area is 105 Å². The van der Waals surface area contributed by atoms with E-state index in [0.717, 1.165) is 12.2 Å². The van der Waals surface area contributed by atoms with Crippen LogP contribution in [0.4, 0.5) is 0 Å². The molecule has 0 bridgehead atoms. The van der Waals surface area contributed by atoms with Crippen molar-refractivity contribution in [3.8, 4) is 5.88 Å². The topological polar surface area (TPSA) is 34.1 Å². The number of hydrogen-bond acceptors (Lipinski definition) is 3. The number of aromatic nitrogens is 1. The second-order valence-corrected chi connectivity index (χ2v) is 5.73. The normalized spacial score (nSPS) is 11.9. The molecule has 0 aromatic carbocycles. The maximum Gasteiger partial charge on any atom is 0.213 e. The van der Waals surface area contributed by atoms with Gasteiger partial charge in [-0.15, -0.1) is 0 Å². The van der Waals surface area contributed by atoms with Crippen LogP contribution in [0.3, 0.4) is 0 Å². The van der Waals surface area contributed by atoms with Crippen LogP contribution in [0.25, 0.3) is 0 Å². The fourth-order valence-corrected chi connectivity index (χ4v) is 1.48. The lowest BCUT2D eigenvalue weighted by atomic mass is 10.1. The first-order chi connectivity index (χ1) is 7.76. The Balaban J connectivity index is 2.75. The van der Waals surface area contributed by atoms with E-state index in [1.54, 1.807) is 0 Å². The Morgan fingerprint density at radius 2 is 1.94 bits per heavy atom. The van der Waals surface area contributed by atoms with Crippen LogP contribution in [-0.4, -0.2) is 16.6 Å². The molecule has 0 aliphatic rings. The van der Waals surface area contributed by atoms with Gasteiger partial charge in [0.15, 0.2) is 0 Å². The molecule has 0 radical (unpaired) electrons. The van der Waals surface area contributed by atoms with Crippen LogP contribution in [0.5, 0.6) is 5.88 Å². The molecule has 1 N–H and O–H groups in total. The van der Waals surface area contributed by atoms with Crippen molar-refractivity contribution in [2.45, 2.75) is 59.7 Å². The van der Waals surface area contributed by atoms with Crippen molar-refractivity contribution in [3.05, 3.63) is 23.4 Å². The average molecular weight is 236 g/mol. The van der Waals surface area contributed by atoms with Gasteiger partial charge in [-0.2, -0.15) is 0 Å². The van der Waals surface area contributed by atoms with Crippen LogP contribution in [0.15, 0.2) is 12.1 Å². The zero-order chi connectivity index (χ0) is 13.1. The van der Waals surface area contributed by atoms with Gasteiger partial charge in [0.25, 0.3) is 0 Å². The first kappa shape index (κ1) is 14.0. The Morgan fingerprint density at radius 1 is 1.29 bits per heavy atom. The van der Waals surface area contributed by atoms with E-state index in [2.05, 4.69) is 37.1 Å². The summed E-state index contributed by atoms with van der Waals surface area (Å²) in [6.45, 7) is 13.3. The van der Waals surface area contributed by atoms with Crippen LogP contribution < -0.4 is 10.1 Å². The first-order valence-electron chi connectivity index (χ1n) is 6.15. The van der Waals surface area contributed by atoms with Crippen LogP contribution in [0.2, 0.25) is 0 Å². The molecule has 3 heteroatoms. The van der Waals surface area contributed by atoms with E-state index < -0.39 is 0 Å². The maximum absolute atomic E-state index is 5.63. The first-order valence-corrected chi connectivity index (χ1v) is 6.15. The van der Waals surface area contributed by atoms with Crippen LogP contribution in [-0.2, 0) is 6.54 Å².